The first-order chi connectivity index (χ1) is 9.33. The van der Waals surface area contributed by atoms with Gasteiger partial charge in [0.15, 0.2) is 0 Å². The van der Waals surface area contributed by atoms with Crippen molar-refractivity contribution in [1.82, 2.24) is 4.90 Å². The van der Waals surface area contributed by atoms with Crippen molar-refractivity contribution in [2.45, 2.75) is 44.7 Å². The van der Waals surface area contributed by atoms with Gasteiger partial charge in [-0.15, -0.1) is 0 Å². The minimum atomic E-state index is 0.758. The summed E-state index contributed by atoms with van der Waals surface area (Å²) in [6.45, 7) is 2.94. The van der Waals surface area contributed by atoms with Crippen LogP contribution in [0.4, 0.5) is 0 Å². The summed E-state index contributed by atoms with van der Waals surface area (Å²) in [7, 11) is 1.71. The molecule has 1 aromatic rings. The van der Waals surface area contributed by atoms with Crippen molar-refractivity contribution in [2.24, 2.45) is 5.73 Å². The first kappa shape index (κ1) is 14.4. The second-order valence-electron chi connectivity index (χ2n) is 5.40. The van der Waals surface area contributed by atoms with Crippen molar-refractivity contribution < 1.29 is 4.74 Å². The summed E-state index contributed by atoms with van der Waals surface area (Å²) in [5, 5.41) is 0. The lowest BCUT2D eigenvalue weighted by molar-refractivity contribution is 0.188. The maximum absolute atomic E-state index is 5.66. The summed E-state index contributed by atoms with van der Waals surface area (Å²) in [4.78, 5) is 2.61. The summed E-state index contributed by atoms with van der Waals surface area (Å²) < 4.78 is 5.21. The van der Waals surface area contributed by atoms with Gasteiger partial charge in [-0.05, 0) is 50.0 Å². The third-order valence-electron chi connectivity index (χ3n) is 4.04. The van der Waals surface area contributed by atoms with Gasteiger partial charge in [-0.2, -0.15) is 0 Å². The Morgan fingerprint density at radius 1 is 1.21 bits per heavy atom. The van der Waals surface area contributed by atoms with Crippen LogP contribution in [0.25, 0.3) is 0 Å². The zero-order valence-electron chi connectivity index (χ0n) is 12.0. The Kier molecular flexibility index (Phi) is 5.67. The van der Waals surface area contributed by atoms with Gasteiger partial charge >= 0.3 is 0 Å². The fourth-order valence-electron chi connectivity index (χ4n) is 2.92. The van der Waals surface area contributed by atoms with Gasteiger partial charge in [0.05, 0.1) is 7.11 Å². The Morgan fingerprint density at radius 3 is 2.47 bits per heavy atom. The number of methoxy groups -OCH3 is 1. The van der Waals surface area contributed by atoms with Crippen LogP contribution in [0.15, 0.2) is 24.3 Å². The first-order valence-electron chi connectivity index (χ1n) is 7.40. The maximum atomic E-state index is 5.66. The second kappa shape index (κ2) is 7.51. The van der Waals surface area contributed by atoms with E-state index >= 15 is 0 Å². The van der Waals surface area contributed by atoms with Gasteiger partial charge in [-0.3, -0.25) is 4.90 Å². The SMILES string of the molecule is COc1ccc(CN(CCCN)C2CCCC2)cc1. The number of ether oxygens (including phenoxy) is 1. The van der Waals surface area contributed by atoms with E-state index in [9.17, 15) is 0 Å². The zero-order valence-corrected chi connectivity index (χ0v) is 12.0. The molecule has 0 spiro atoms. The largest absolute Gasteiger partial charge is 0.497 e. The predicted molar refractivity (Wildman–Crippen MR) is 79.3 cm³/mol. The van der Waals surface area contributed by atoms with Crippen LogP contribution in [-0.4, -0.2) is 31.1 Å². The first-order valence-corrected chi connectivity index (χ1v) is 7.40. The number of benzene rings is 1. The molecule has 1 aliphatic rings. The molecule has 2 rings (SSSR count). The molecule has 1 aromatic carbocycles. The summed E-state index contributed by atoms with van der Waals surface area (Å²) in [5.41, 5.74) is 7.03. The lowest BCUT2D eigenvalue weighted by atomic mass is 10.1. The third-order valence-corrected chi connectivity index (χ3v) is 4.04. The topological polar surface area (TPSA) is 38.5 Å². The minimum absolute atomic E-state index is 0.758. The molecule has 1 aliphatic carbocycles. The van der Waals surface area contributed by atoms with E-state index in [1.54, 1.807) is 7.11 Å². The molecule has 0 saturated heterocycles. The second-order valence-corrected chi connectivity index (χ2v) is 5.40. The molecule has 2 N–H and O–H groups in total. The number of nitrogens with two attached hydrogens (primary N) is 1. The van der Waals surface area contributed by atoms with Crippen LogP contribution in [0.1, 0.15) is 37.7 Å². The van der Waals surface area contributed by atoms with Gasteiger partial charge in [0, 0.05) is 12.6 Å². The number of nitrogens with zero attached hydrogens (tertiary/aromatic N) is 1. The van der Waals surface area contributed by atoms with Gasteiger partial charge in [0.2, 0.25) is 0 Å². The van der Waals surface area contributed by atoms with Crippen molar-refractivity contribution >= 4 is 0 Å². The molecule has 106 valence electrons. The van der Waals surface area contributed by atoms with Crippen molar-refractivity contribution in [3.63, 3.8) is 0 Å². The Morgan fingerprint density at radius 2 is 1.89 bits per heavy atom. The average molecular weight is 262 g/mol. The quantitative estimate of drug-likeness (QED) is 0.821. The number of hydrogen-bond donors (Lipinski definition) is 1. The van der Waals surface area contributed by atoms with Crippen LogP contribution < -0.4 is 10.5 Å². The Bertz CT molecular complexity index is 358. The fraction of sp³-hybridized carbons (Fsp3) is 0.625. The molecule has 0 heterocycles. The summed E-state index contributed by atoms with van der Waals surface area (Å²) in [6.07, 6.45) is 6.55. The van der Waals surface area contributed by atoms with Crippen molar-refractivity contribution in [3.8, 4) is 5.75 Å². The number of rotatable bonds is 7. The highest BCUT2D eigenvalue weighted by Gasteiger charge is 2.22. The van der Waals surface area contributed by atoms with Crippen LogP contribution in [0.2, 0.25) is 0 Å². The van der Waals surface area contributed by atoms with E-state index in [-0.39, 0.29) is 0 Å². The summed E-state index contributed by atoms with van der Waals surface area (Å²) >= 11 is 0. The highest BCUT2D eigenvalue weighted by Crippen LogP contribution is 2.25. The molecule has 0 unspecified atom stereocenters. The lowest BCUT2D eigenvalue weighted by Crippen LogP contribution is -2.34. The highest BCUT2D eigenvalue weighted by molar-refractivity contribution is 5.27. The van der Waals surface area contributed by atoms with Gasteiger partial charge in [0.25, 0.3) is 0 Å². The Labute approximate surface area is 116 Å². The molecule has 0 aliphatic heterocycles. The van der Waals surface area contributed by atoms with Gasteiger partial charge in [0.1, 0.15) is 5.75 Å². The van der Waals surface area contributed by atoms with E-state index < -0.39 is 0 Å². The van der Waals surface area contributed by atoms with E-state index in [1.807, 2.05) is 12.1 Å². The molecule has 0 radical (unpaired) electrons. The van der Waals surface area contributed by atoms with Gasteiger partial charge in [-0.1, -0.05) is 25.0 Å². The van der Waals surface area contributed by atoms with Gasteiger partial charge in [-0.25, -0.2) is 0 Å². The van der Waals surface area contributed by atoms with E-state index in [0.29, 0.717) is 0 Å². The summed E-state index contributed by atoms with van der Waals surface area (Å²) in [5.74, 6) is 0.929. The zero-order chi connectivity index (χ0) is 13.5. The molecular weight excluding hydrogens is 236 g/mol. The summed E-state index contributed by atoms with van der Waals surface area (Å²) in [6, 6.07) is 9.19. The molecule has 3 nitrogen and oxygen atoms in total. The molecule has 0 amide bonds. The predicted octanol–water partition coefficient (Wildman–Crippen LogP) is 2.79. The van der Waals surface area contributed by atoms with Crippen LogP contribution in [-0.2, 0) is 6.54 Å². The molecule has 19 heavy (non-hydrogen) atoms. The molecule has 1 fully saturated rings. The van der Waals surface area contributed by atoms with E-state index in [4.69, 9.17) is 10.5 Å². The fourth-order valence-corrected chi connectivity index (χ4v) is 2.92. The maximum Gasteiger partial charge on any atom is 0.118 e. The Hall–Kier alpha value is -1.06. The Balaban J connectivity index is 1.96. The molecular formula is C16H26N2O. The van der Waals surface area contributed by atoms with E-state index in [1.165, 1.54) is 31.2 Å². The monoisotopic (exact) mass is 262 g/mol. The highest BCUT2D eigenvalue weighted by atomic mass is 16.5. The molecule has 0 bridgehead atoms. The minimum Gasteiger partial charge on any atom is -0.497 e. The molecule has 0 atom stereocenters. The van der Waals surface area contributed by atoms with Gasteiger partial charge < -0.3 is 10.5 Å². The third kappa shape index (κ3) is 4.22. The molecule has 1 saturated carbocycles. The van der Waals surface area contributed by atoms with Crippen molar-refractivity contribution in [1.29, 1.82) is 0 Å². The number of hydrogen-bond acceptors (Lipinski definition) is 3. The van der Waals surface area contributed by atoms with Crippen molar-refractivity contribution in [3.05, 3.63) is 29.8 Å². The average Bonchev–Trinajstić information content (AvgIpc) is 2.98. The smallest absolute Gasteiger partial charge is 0.118 e. The van der Waals surface area contributed by atoms with Crippen LogP contribution >= 0.6 is 0 Å². The lowest BCUT2D eigenvalue weighted by Gasteiger charge is -2.28. The van der Waals surface area contributed by atoms with Crippen LogP contribution in [0.3, 0.4) is 0 Å². The van der Waals surface area contributed by atoms with E-state index in [2.05, 4.69) is 17.0 Å². The standard InChI is InChI=1S/C16H26N2O/c1-19-16-9-7-14(8-10-16)13-18(12-4-11-17)15-5-2-3-6-15/h7-10,15H,2-6,11-13,17H2,1H3. The molecule has 3 heteroatoms. The van der Waals surface area contributed by atoms with E-state index in [0.717, 1.165) is 37.8 Å². The normalized spacial score (nSPS) is 16.2. The molecule has 0 aromatic heterocycles. The van der Waals surface area contributed by atoms with Crippen molar-refractivity contribution in [2.75, 3.05) is 20.2 Å². The van der Waals surface area contributed by atoms with Crippen LogP contribution in [0, 0.1) is 0 Å². The van der Waals surface area contributed by atoms with Crippen LogP contribution in [0.5, 0.6) is 5.75 Å².